The molecule has 0 amide bonds. The van der Waals surface area contributed by atoms with E-state index in [9.17, 15) is 0 Å². The molecule has 194 valence electrons. The lowest BCUT2D eigenvalue weighted by atomic mass is 9.87. The van der Waals surface area contributed by atoms with Crippen molar-refractivity contribution in [3.05, 3.63) is 47.0 Å². The first-order valence-corrected chi connectivity index (χ1v) is 13.8. The van der Waals surface area contributed by atoms with E-state index in [1.165, 1.54) is 64.0 Å². The van der Waals surface area contributed by atoms with Crippen molar-refractivity contribution in [3.63, 3.8) is 0 Å². The summed E-state index contributed by atoms with van der Waals surface area (Å²) in [6.45, 7) is 10.8. The van der Waals surface area contributed by atoms with Gasteiger partial charge in [-0.1, -0.05) is 31.5 Å². The van der Waals surface area contributed by atoms with Gasteiger partial charge >= 0.3 is 0 Å². The number of halogens is 1. The second-order valence-electron chi connectivity index (χ2n) is 10.9. The van der Waals surface area contributed by atoms with Gasteiger partial charge in [0, 0.05) is 29.1 Å². The molecule has 36 heavy (non-hydrogen) atoms. The number of benzene rings is 2. The van der Waals surface area contributed by atoms with Crippen LogP contribution in [0.15, 0.2) is 36.4 Å². The number of nitrogens with one attached hydrogen (secondary N) is 1. The zero-order valence-corrected chi connectivity index (χ0v) is 22.9. The Labute approximate surface area is 220 Å². The Balaban J connectivity index is 1.26. The van der Waals surface area contributed by atoms with E-state index in [2.05, 4.69) is 46.8 Å². The Morgan fingerprint density at radius 2 is 1.64 bits per heavy atom. The van der Waals surface area contributed by atoms with E-state index in [4.69, 9.17) is 21.1 Å². The van der Waals surface area contributed by atoms with Gasteiger partial charge in [-0.3, -0.25) is 0 Å². The number of fused-ring (bicyclic) bond motifs is 1. The molecule has 6 heteroatoms. The number of methoxy groups -OCH3 is 2. The predicted octanol–water partition coefficient (Wildman–Crippen LogP) is 6.81. The Hall–Kier alpha value is -2.21. The molecule has 3 aromatic rings. The molecule has 5 rings (SSSR count). The van der Waals surface area contributed by atoms with Gasteiger partial charge < -0.3 is 24.3 Å². The minimum absolute atomic E-state index is 0.599. The van der Waals surface area contributed by atoms with E-state index in [-0.39, 0.29) is 0 Å². The van der Waals surface area contributed by atoms with Crippen LogP contribution < -0.4 is 9.47 Å². The van der Waals surface area contributed by atoms with Gasteiger partial charge in [0.15, 0.2) is 11.5 Å². The van der Waals surface area contributed by atoms with Crippen LogP contribution in [0.1, 0.15) is 51.0 Å². The third-order valence-electron chi connectivity index (χ3n) is 8.13. The first kappa shape index (κ1) is 25.4. The van der Waals surface area contributed by atoms with E-state index in [0.29, 0.717) is 17.4 Å². The maximum absolute atomic E-state index is 6.92. The molecule has 5 nitrogen and oxygen atoms in total. The van der Waals surface area contributed by atoms with Crippen molar-refractivity contribution in [2.45, 2.75) is 51.5 Å². The highest BCUT2D eigenvalue weighted by Crippen LogP contribution is 2.40. The molecule has 3 heterocycles. The molecular formula is C30H40ClN3O2. The summed E-state index contributed by atoms with van der Waals surface area (Å²) in [6, 6.07) is 13.5. The molecule has 2 fully saturated rings. The lowest BCUT2D eigenvalue weighted by molar-refractivity contribution is 0.0828. The second-order valence-corrected chi connectivity index (χ2v) is 11.3. The van der Waals surface area contributed by atoms with Crippen LogP contribution in [-0.2, 0) is 0 Å². The topological polar surface area (TPSA) is 40.7 Å². The van der Waals surface area contributed by atoms with Gasteiger partial charge in [0.2, 0.25) is 0 Å². The Morgan fingerprint density at radius 1 is 0.917 bits per heavy atom. The second kappa shape index (κ2) is 11.0. The van der Waals surface area contributed by atoms with Gasteiger partial charge in [-0.05, 0) is 99.6 Å². The summed E-state index contributed by atoms with van der Waals surface area (Å²) < 4.78 is 10.9. The zero-order valence-electron chi connectivity index (χ0n) is 22.1. The van der Waals surface area contributed by atoms with Crippen molar-refractivity contribution in [1.82, 2.24) is 14.8 Å². The number of H-pyrrole nitrogens is 1. The van der Waals surface area contributed by atoms with Crippen LogP contribution in [0.4, 0.5) is 0 Å². The van der Waals surface area contributed by atoms with E-state index >= 15 is 0 Å². The summed E-state index contributed by atoms with van der Waals surface area (Å²) in [7, 11) is 3.30. The molecular weight excluding hydrogens is 470 g/mol. The average molecular weight is 510 g/mol. The number of aromatic amines is 1. The molecule has 0 bridgehead atoms. The molecule has 2 aromatic carbocycles. The number of rotatable bonds is 7. The SMILES string of the molecule is COc1ccc(-c2[nH]c3ccc(C4CCN(C5CCN(CC(C)C)CC5)CC4)cc3c2Cl)cc1OC. The Morgan fingerprint density at radius 3 is 2.31 bits per heavy atom. The van der Waals surface area contributed by atoms with Gasteiger partial charge in [-0.25, -0.2) is 0 Å². The molecule has 1 aromatic heterocycles. The molecule has 2 aliphatic heterocycles. The number of aromatic nitrogens is 1. The summed E-state index contributed by atoms with van der Waals surface area (Å²) in [4.78, 5) is 8.94. The van der Waals surface area contributed by atoms with Crippen LogP contribution in [0.2, 0.25) is 5.02 Å². The van der Waals surface area contributed by atoms with Crippen molar-refractivity contribution in [1.29, 1.82) is 0 Å². The molecule has 0 spiro atoms. The number of hydrogen-bond donors (Lipinski definition) is 1. The van der Waals surface area contributed by atoms with Crippen LogP contribution >= 0.6 is 11.6 Å². The van der Waals surface area contributed by atoms with Gasteiger partial charge in [-0.2, -0.15) is 0 Å². The molecule has 0 unspecified atom stereocenters. The monoisotopic (exact) mass is 509 g/mol. The van der Waals surface area contributed by atoms with E-state index in [0.717, 1.165) is 39.1 Å². The van der Waals surface area contributed by atoms with Crippen LogP contribution in [0.5, 0.6) is 11.5 Å². The van der Waals surface area contributed by atoms with Crippen LogP contribution in [0.3, 0.4) is 0 Å². The first-order valence-electron chi connectivity index (χ1n) is 13.5. The number of likely N-dealkylation sites (tertiary alicyclic amines) is 2. The third-order valence-corrected chi connectivity index (χ3v) is 8.52. The van der Waals surface area contributed by atoms with Gasteiger partial charge in [0.1, 0.15) is 0 Å². The number of piperidine rings is 2. The van der Waals surface area contributed by atoms with Crippen LogP contribution in [0, 0.1) is 5.92 Å². The summed E-state index contributed by atoms with van der Waals surface area (Å²) in [5.41, 5.74) is 4.39. The average Bonchev–Trinajstić information content (AvgIpc) is 3.24. The standard InChI is InChI=1S/C30H40ClN3O2/c1-20(2)19-33-13-11-24(12-14-33)34-15-9-21(10-16-34)22-5-7-26-25(17-22)29(31)30(32-26)23-6-8-27(35-3)28(18-23)36-4/h5-8,17-18,20-21,24,32H,9-16,19H2,1-4H3. The summed E-state index contributed by atoms with van der Waals surface area (Å²) in [5.74, 6) is 2.77. The lowest BCUT2D eigenvalue weighted by Crippen LogP contribution is -2.48. The van der Waals surface area contributed by atoms with Crippen molar-refractivity contribution in [2.75, 3.05) is 46.9 Å². The van der Waals surface area contributed by atoms with Crippen molar-refractivity contribution in [2.24, 2.45) is 5.92 Å². The largest absolute Gasteiger partial charge is 0.493 e. The highest BCUT2D eigenvalue weighted by atomic mass is 35.5. The zero-order chi connectivity index (χ0) is 25.2. The minimum atomic E-state index is 0.599. The highest BCUT2D eigenvalue weighted by molar-refractivity contribution is 6.38. The third kappa shape index (κ3) is 5.25. The first-order chi connectivity index (χ1) is 17.5. The fourth-order valence-electron chi connectivity index (χ4n) is 6.20. The van der Waals surface area contributed by atoms with E-state index in [1.807, 2.05) is 18.2 Å². The van der Waals surface area contributed by atoms with Crippen LogP contribution in [0.25, 0.3) is 22.2 Å². The van der Waals surface area contributed by atoms with Gasteiger partial charge in [-0.15, -0.1) is 0 Å². The molecule has 2 saturated heterocycles. The molecule has 0 radical (unpaired) electrons. The number of ether oxygens (including phenoxy) is 2. The maximum Gasteiger partial charge on any atom is 0.161 e. The smallest absolute Gasteiger partial charge is 0.161 e. The van der Waals surface area contributed by atoms with Gasteiger partial charge in [0.05, 0.1) is 24.9 Å². The number of nitrogens with zero attached hydrogens (tertiary/aromatic N) is 2. The van der Waals surface area contributed by atoms with Crippen molar-refractivity contribution < 1.29 is 9.47 Å². The normalized spacial score (nSPS) is 18.8. The van der Waals surface area contributed by atoms with Crippen LogP contribution in [-0.4, -0.2) is 67.8 Å². The maximum atomic E-state index is 6.92. The fourth-order valence-corrected chi connectivity index (χ4v) is 6.52. The molecule has 2 aliphatic rings. The summed E-state index contributed by atoms with van der Waals surface area (Å²) >= 11 is 6.92. The van der Waals surface area contributed by atoms with E-state index in [1.54, 1.807) is 14.2 Å². The van der Waals surface area contributed by atoms with Crippen molar-refractivity contribution >= 4 is 22.5 Å². The molecule has 0 saturated carbocycles. The summed E-state index contributed by atoms with van der Waals surface area (Å²) in [5, 5.41) is 1.86. The predicted molar refractivity (Wildman–Crippen MR) is 150 cm³/mol. The quantitative estimate of drug-likeness (QED) is 0.380. The van der Waals surface area contributed by atoms with Gasteiger partial charge in [0.25, 0.3) is 0 Å². The minimum Gasteiger partial charge on any atom is -0.493 e. The molecule has 1 N–H and O–H groups in total. The summed E-state index contributed by atoms with van der Waals surface area (Å²) in [6.07, 6.45) is 5.09. The molecule has 0 atom stereocenters. The molecule has 0 aliphatic carbocycles. The van der Waals surface area contributed by atoms with Crippen molar-refractivity contribution in [3.8, 4) is 22.8 Å². The highest BCUT2D eigenvalue weighted by Gasteiger charge is 2.29. The Bertz CT molecular complexity index is 1170. The lowest BCUT2D eigenvalue weighted by Gasteiger charge is -2.42. The van der Waals surface area contributed by atoms with E-state index < -0.39 is 0 Å². The Kier molecular flexibility index (Phi) is 7.80. The number of hydrogen-bond acceptors (Lipinski definition) is 4. The fraction of sp³-hybridized carbons (Fsp3) is 0.533.